The van der Waals surface area contributed by atoms with Crippen molar-refractivity contribution in [3.8, 4) is 0 Å². The van der Waals surface area contributed by atoms with Crippen LogP contribution in [0.2, 0.25) is 0 Å². The summed E-state index contributed by atoms with van der Waals surface area (Å²) in [6.07, 6.45) is 14.8. The quantitative estimate of drug-likeness (QED) is 0.220. The van der Waals surface area contributed by atoms with Crippen molar-refractivity contribution in [2.75, 3.05) is 13.7 Å². The van der Waals surface area contributed by atoms with Crippen molar-refractivity contribution in [3.63, 3.8) is 0 Å². The summed E-state index contributed by atoms with van der Waals surface area (Å²) in [6.45, 7) is 5.82. The number of Topliss-reactive ketones (excluding diaryl/α,β-unsaturated/α-hetero) is 1. The molecule has 1 N–H and O–H groups in total. The summed E-state index contributed by atoms with van der Waals surface area (Å²) in [5, 5.41) is 9.19. The molecule has 0 aliphatic rings. The highest BCUT2D eigenvalue weighted by Crippen LogP contribution is 2.21. The Hall–Kier alpha value is -1.23. The summed E-state index contributed by atoms with van der Waals surface area (Å²) in [6, 6.07) is -0.882. The van der Waals surface area contributed by atoms with Gasteiger partial charge in [0.15, 0.2) is 6.04 Å². The predicted octanol–water partition coefficient (Wildman–Crippen LogP) is 4.89. The lowest BCUT2D eigenvalue weighted by atomic mass is 9.87. The van der Waals surface area contributed by atoms with Crippen LogP contribution in [0.15, 0.2) is 4.99 Å². The van der Waals surface area contributed by atoms with Crippen LogP contribution in [0.4, 0.5) is 0 Å². The van der Waals surface area contributed by atoms with Gasteiger partial charge in [0, 0.05) is 24.5 Å². The largest absolute Gasteiger partial charge is 0.467 e. The first-order valence-corrected chi connectivity index (χ1v) is 10.6. The zero-order valence-corrected chi connectivity index (χ0v) is 18.0. The standard InChI is InChI=1S/C22H41NO4/c1-5-6-7-8-9-10-11-12-13-14-19(25)15-16-22(2,3)18-23-20(17-24)21(26)27-4/h18,20,24H,5-17H2,1-4H3/b23-18+. The van der Waals surface area contributed by atoms with E-state index in [0.717, 1.165) is 12.8 Å². The Kier molecular flexibility index (Phi) is 15.1. The molecule has 0 amide bonds. The maximum absolute atomic E-state index is 12.1. The molecule has 0 aliphatic heterocycles. The second-order valence-corrected chi connectivity index (χ2v) is 8.11. The number of rotatable bonds is 17. The summed E-state index contributed by atoms with van der Waals surface area (Å²) in [7, 11) is 1.27. The molecule has 158 valence electrons. The van der Waals surface area contributed by atoms with E-state index < -0.39 is 12.0 Å². The van der Waals surface area contributed by atoms with Gasteiger partial charge in [0.05, 0.1) is 13.7 Å². The fraction of sp³-hybridized carbons (Fsp3) is 0.864. The third-order valence-electron chi connectivity index (χ3n) is 4.86. The van der Waals surface area contributed by atoms with E-state index in [2.05, 4.69) is 16.7 Å². The maximum atomic E-state index is 12.1. The van der Waals surface area contributed by atoms with E-state index in [1.807, 2.05) is 13.8 Å². The zero-order valence-electron chi connectivity index (χ0n) is 18.0. The van der Waals surface area contributed by atoms with Gasteiger partial charge in [-0.1, -0.05) is 72.1 Å². The SMILES string of the molecule is CCCCCCCCCCCC(=O)CCC(C)(C)/C=N/C(CO)C(=O)OC. The van der Waals surface area contributed by atoms with Gasteiger partial charge in [-0.25, -0.2) is 4.79 Å². The number of aliphatic hydroxyl groups is 1. The third-order valence-corrected chi connectivity index (χ3v) is 4.86. The highest BCUT2D eigenvalue weighted by Gasteiger charge is 2.20. The van der Waals surface area contributed by atoms with Gasteiger partial charge in [-0.3, -0.25) is 9.79 Å². The van der Waals surface area contributed by atoms with E-state index in [-0.39, 0.29) is 12.0 Å². The first-order valence-electron chi connectivity index (χ1n) is 10.6. The number of nitrogens with zero attached hydrogens (tertiary/aromatic N) is 1. The van der Waals surface area contributed by atoms with Crippen LogP contribution < -0.4 is 0 Å². The molecule has 0 aromatic rings. The molecule has 0 saturated heterocycles. The minimum absolute atomic E-state index is 0.296. The highest BCUT2D eigenvalue weighted by molar-refractivity contribution is 5.80. The van der Waals surface area contributed by atoms with Gasteiger partial charge in [0.2, 0.25) is 0 Å². The van der Waals surface area contributed by atoms with E-state index in [0.29, 0.717) is 25.0 Å². The van der Waals surface area contributed by atoms with E-state index in [1.165, 1.54) is 52.1 Å². The number of methoxy groups -OCH3 is 1. The van der Waals surface area contributed by atoms with Gasteiger partial charge in [-0.05, 0) is 12.8 Å². The normalized spacial score (nSPS) is 13.1. The lowest BCUT2D eigenvalue weighted by molar-refractivity contribution is -0.142. The van der Waals surface area contributed by atoms with Gasteiger partial charge in [-0.15, -0.1) is 0 Å². The molecule has 0 aliphatic carbocycles. The molecule has 0 fully saturated rings. The molecule has 0 aromatic heterocycles. The van der Waals surface area contributed by atoms with Crippen LogP contribution in [0, 0.1) is 5.41 Å². The Morgan fingerprint density at radius 3 is 2.07 bits per heavy atom. The average molecular weight is 384 g/mol. The Bertz CT molecular complexity index is 432. The molecule has 1 unspecified atom stereocenters. The van der Waals surface area contributed by atoms with Crippen molar-refractivity contribution in [2.45, 2.75) is 104 Å². The first kappa shape index (κ1) is 25.8. The van der Waals surface area contributed by atoms with Crippen LogP contribution in [0.25, 0.3) is 0 Å². The molecule has 0 radical (unpaired) electrons. The van der Waals surface area contributed by atoms with E-state index in [1.54, 1.807) is 6.21 Å². The molecule has 27 heavy (non-hydrogen) atoms. The molecule has 0 spiro atoms. The number of esters is 1. The maximum Gasteiger partial charge on any atom is 0.332 e. The molecular weight excluding hydrogens is 342 g/mol. The van der Waals surface area contributed by atoms with Crippen LogP contribution in [0.1, 0.15) is 97.8 Å². The number of hydrogen-bond donors (Lipinski definition) is 1. The number of aliphatic hydroxyl groups excluding tert-OH is 1. The minimum atomic E-state index is -0.882. The number of aliphatic imine (C=N–C) groups is 1. The topological polar surface area (TPSA) is 76.0 Å². The highest BCUT2D eigenvalue weighted by atomic mass is 16.5. The molecule has 5 nitrogen and oxygen atoms in total. The number of ether oxygens (including phenoxy) is 1. The summed E-state index contributed by atoms with van der Waals surface area (Å²) >= 11 is 0. The Balaban J connectivity index is 3.90. The molecule has 1 atom stereocenters. The van der Waals surface area contributed by atoms with Crippen LogP contribution in [-0.4, -0.2) is 42.8 Å². The van der Waals surface area contributed by atoms with Crippen LogP contribution >= 0.6 is 0 Å². The second kappa shape index (κ2) is 15.8. The van der Waals surface area contributed by atoms with E-state index in [4.69, 9.17) is 0 Å². The van der Waals surface area contributed by atoms with Gasteiger partial charge in [-0.2, -0.15) is 0 Å². The number of hydrogen-bond acceptors (Lipinski definition) is 5. The molecule has 0 heterocycles. The van der Waals surface area contributed by atoms with Crippen LogP contribution in [0.5, 0.6) is 0 Å². The van der Waals surface area contributed by atoms with Gasteiger partial charge in [0.25, 0.3) is 0 Å². The fourth-order valence-corrected chi connectivity index (χ4v) is 2.89. The molecule has 0 rings (SSSR count). The molecule has 5 heteroatoms. The number of carbonyl (C=O) groups is 2. The van der Waals surface area contributed by atoms with Crippen molar-refractivity contribution >= 4 is 18.0 Å². The molecular formula is C22H41NO4. The first-order chi connectivity index (χ1) is 12.9. The summed E-state index contributed by atoms with van der Waals surface area (Å²) < 4.78 is 4.60. The second-order valence-electron chi connectivity index (χ2n) is 8.11. The van der Waals surface area contributed by atoms with Crippen LogP contribution in [0.3, 0.4) is 0 Å². The number of carbonyl (C=O) groups excluding carboxylic acids is 2. The Morgan fingerprint density at radius 1 is 1.00 bits per heavy atom. The van der Waals surface area contributed by atoms with Gasteiger partial charge >= 0.3 is 5.97 Å². The Labute approximate surface area is 166 Å². The zero-order chi connectivity index (χ0) is 20.5. The fourth-order valence-electron chi connectivity index (χ4n) is 2.89. The van der Waals surface area contributed by atoms with Crippen LogP contribution in [-0.2, 0) is 14.3 Å². The smallest absolute Gasteiger partial charge is 0.332 e. The summed E-state index contributed by atoms with van der Waals surface area (Å²) in [4.78, 5) is 27.6. The lowest BCUT2D eigenvalue weighted by Crippen LogP contribution is -2.26. The molecule has 0 aromatic carbocycles. The lowest BCUT2D eigenvalue weighted by Gasteiger charge is -2.19. The van der Waals surface area contributed by atoms with Crippen molar-refractivity contribution < 1.29 is 19.4 Å². The number of ketones is 1. The average Bonchev–Trinajstić information content (AvgIpc) is 2.65. The van der Waals surface area contributed by atoms with Crippen molar-refractivity contribution in [1.82, 2.24) is 0 Å². The van der Waals surface area contributed by atoms with E-state index >= 15 is 0 Å². The molecule has 0 saturated carbocycles. The summed E-state index contributed by atoms with van der Waals surface area (Å²) in [5.41, 5.74) is -0.296. The van der Waals surface area contributed by atoms with Gasteiger partial charge < -0.3 is 9.84 Å². The monoisotopic (exact) mass is 383 g/mol. The van der Waals surface area contributed by atoms with Crippen molar-refractivity contribution in [1.29, 1.82) is 0 Å². The Morgan fingerprint density at radius 2 is 1.56 bits per heavy atom. The van der Waals surface area contributed by atoms with E-state index in [9.17, 15) is 14.7 Å². The predicted molar refractivity (Wildman–Crippen MR) is 111 cm³/mol. The molecule has 0 bridgehead atoms. The van der Waals surface area contributed by atoms with Crippen molar-refractivity contribution in [2.24, 2.45) is 10.4 Å². The van der Waals surface area contributed by atoms with Crippen molar-refractivity contribution in [3.05, 3.63) is 0 Å². The van der Waals surface area contributed by atoms with Gasteiger partial charge in [0.1, 0.15) is 5.78 Å². The number of unbranched alkanes of at least 4 members (excludes halogenated alkanes) is 8. The minimum Gasteiger partial charge on any atom is -0.467 e. The summed E-state index contributed by atoms with van der Waals surface area (Å²) in [5.74, 6) is -0.253. The third kappa shape index (κ3) is 14.5.